The highest BCUT2D eigenvalue weighted by molar-refractivity contribution is 7.47. The highest BCUT2D eigenvalue weighted by atomic mass is 31.2. The second kappa shape index (κ2) is 48.5. The van der Waals surface area contributed by atoms with Gasteiger partial charge >= 0.3 is 19.8 Å². The fraction of sp³-hybridized carbons (Fsp3) is 0.754. The van der Waals surface area contributed by atoms with Crippen molar-refractivity contribution >= 4 is 19.8 Å². The third-order valence-corrected chi connectivity index (χ3v) is 12.5. The van der Waals surface area contributed by atoms with Crippen LogP contribution in [0.15, 0.2) is 72.9 Å². The molecule has 1 N–H and O–H groups in total. The number of hydrogen-bond acceptors (Lipinski definition) is 7. The van der Waals surface area contributed by atoms with E-state index in [4.69, 9.17) is 18.5 Å². The maximum atomic E-state index is 12.8. The van der Waals surface area contributed by atoms with E-state index in [9.17, 15) is 19.0 Å². The zero-order valence-corrected chi connectivity index (χ0v) is 44.8. The van der Waals surface area contributed by atoms with E-state index < -0.39 is 26.5 Å². The van der Waals surface area contributed by atoms with Crippen LogP contribution in [-0.2, 0) is 32.7 Å². The van der Waals surface area contributed by atoms with Gasteiger partial charge in [-0.25, -0.2) is 4.57 Å². The number of unbranched alkanes of at least 4 members (excludes halogenated alkanes) is 23. The normalized spacial score (nSPS) is 13.9. The Morgan fingerprint density at radius 3 is 1.28 bits per heavy atom. The van der Waals surface area contributed by atoms with Crippen LogP contribution in [0.25, 0.3) is 0 Å². The van der Waals surface area contributed by atoms with Gasteiger partial charge in [-0.15, -0.1) is 0 Å². The van der Waals surface area contributed by atoms with Crippen molar-refractivity contribution in [2.24, 2.45) is 0 Å². The Morgan fingerprint density at radius 1 is 0.478 bits per heavy atom. The molecule has 0 saturated heterocycles. The lowest BCUT2D eigenvalue weighted by atomic mass is 10.0. The van der Waals surface area contributed by atoms with Crippen LogP contribution in [0.2, 0.25) is 0 Å². The molecule has 0 heterocycles. The molecule has 0 aromatic heterocycles. The van der Waals surface area contributed by atoms with Crippen molar-refractivity contribution in [3.63, 3.8) is 0 Å². The molecule has 2 unspecified atom stereocenters. The van der Waals surface area contributed by atoms with Crippen molar-refractivity contribution in [1.29, 1.82) is 0 Å². The number of quaternary nitrogens is 1. The summed E-state index contributed by atoms with van der Waals surface area (Å²) in [7, 11) is 1.47. The topological polar surface area (TPSA) is 108 Å². The molecule has 9 nitrogen and oxygen atoms in total. The minimum Gasteiger partial charge on any atom is -0.462 e. The maximum absolute atomic E-state index is 12.8. The number of hydrogen-bond donors (Lipinski definition) is 1. The number of rotatable bonds is 49. The van der Waals surface area contributed by atoms with E-state index in [0.29, 0.717) is 17.4 Å². The lowest BCUT2D eigenvalue weighted by molar-refractivity contribution is -0.870. The number of phosphoric acid groups is 1. The highest BCUT2D eigenvalue weighted by Crippen LogP contribution is 2.43. The van der Waals surface area contributed by atoms with Crippen LogP contribution in [0.3, 0.4) is 0 Å². The van der Waals surface area contributed by atoms with Crippen LogP contribution in [0.4, 0.5) is 0 Å². The number of likely N-dealkylation sites (N-methyl/N-ethyl adjacent to an activating group) is 1. The molecule has 0 spiro atoms. The van der Waals surface area contributed by atoms with Crippen LogP contribution in [0.5, 0.6) is 0 Å². The Kier molecular flexibility index (Phi) is 46.6. The van der Waals surface area contributed by atoms with Crippen molar-refractivity contribution in [3.05, 3.63) is 72.9 Å². The standard InChI is InChI=1S/C57H102NO8P/c1-6-8-10-12-14-16-18-20-21-22-23-24-25-26-27-28-29-30-31-32-33-34-35-36-37-38-40-42-44-46-48-50-57(60)66-55(54-65-67(61,62)64-52-51-58(3,4)5)53-63-56(59)49-47-45-43-41-39-19-17-15-13-11-9-7-2/h8,10,14-17,20-21,23-24,26-27,55H,6-7,9,11-13,18-19,22,25,28-54H2,1-5H3/p+1/b10-8-,16-14-,17-15-,21-20-,24-23-,27-26-. The summed E-state index contributed by atoms with van der Waals surface area (Å²) in [6.45, 7) is 4.28. The second-order valence-electron chi connectivity index (χ2n) is 19.2. The van der Waals surface area contributed by atoms with Gasteiger partial charge in [0.25, 0.3) is 0 Å². The number of allylic oxidation sites excluding steroid dienone is 12. The molecule has 0 fully saturated rings. The summed E-state index contributed by atoms with van der Waals surface area (Å²) in [6, 6.07) is 0. The predicted molar refractivity (Wildman–Crippen MR) is 284 cm³/mol. The lowest BCUT2D eigenvalue weighted by Crippen LogP contribution is -2.37. The maximum Gasteiger partial charge on any atom is 0.472 e. The Balaban J connectivity index is 4.08. The molecule has 0 rings (SSSR count). The number of carbonyl (C=O) groups excluding carboxylic acids is 2. The predicted octanol–water partition coefficient (Wildman–Crippen LogP) is 16.5. The Labute approximate surface area is 412 Å². The Bertz CT molecular complexity index is 1360. The summed E-state index contributed by atoms with van der Waals surface area (Å²) in [5.41, 5.74) is 0. The SMILES string of the molecule is CC/C=C\C/C=C\C/C=C\C/C=C\C/C=C\CCCCCCCCCCCCCCCCCC(=O)OC(COC(=O)CCCCCCC/C=C\CCCCC)COP(=O)(O)OCC[N+](C)(C)C. The first kappa shape index (κ1) is 64.5. The van der Waals surface area contributed by atoms with Gasteiger partial charge < -0.3 is 18.9 Å². The molecule has 67 heavy (non-hydrogen) atoms. The molecule has 0 aromatic carbocycles. The Morgan fingerprint density at radius 2 is 0.851 bits per heavy atom. The van der Waals surface area contributed by atoms with E-state index in [1.54, 1.807) is 0 Å². The first-order valence-electron chi connectivity index (χ1n) is 27.2. The number of ether oxygens (including phenoxy) is 2. The molecule has 10 heteroatoms. The summed E-state index contributed by atoms with van der Waals surface area (Å²) in [5, 5.41) is 0. The lowest BCUT2D eigenvalue weighted by Gasteiger charge is -2.24. The summed E-state index contributed by atoms with van der Waals surface area (Å²) < 4.78 is 34.4. The minimum atomic E-state index is -4.38. The molecule has 0 aliphatic carbocycles. The number of carbonyl (C=O) groups is 2. The molecule has 0 aromatic rings. The van der Waals surface area contributed by atoms with Crippen LogP contribution in [0.1, 0.15) is 226 Å². The van der Waals surface area contributed by atoms with Gasteiger partial charge in [-0.05, 0) is 83.5 Å². The summed E-state index contributed by atoms with van der Waals surface area (Å²) in [5.74, 6) is -0.807. The molecule has 2 atom stereocenters. The Hall–Kier alpha value is -2.55. The van der Waals surface area contributed by atoms with Crippen LogP contribution in [0, 0.1) is 0 Å². The first-order chi connectivity index (χ1) is 32.5. The van der Waals surface area contributed by atoms with Gasteiger partial charge in [0.2, 0.25) is 0 Å². The molecule has 0 aliphatic rings. The van der Waals surface area contributed by atoms with Gasteiger partial charge in [0.15, 0.2) is 6.10 Å². The van der Waals surface area contributed by atoms with Crippen molar-refractivity contribution in [1.82, 2.24) is 0 Å². The van der Waals surface area contributed by atoms with Crippen LogP contribution in [-0.4, -0.2) is 74.9 Å². The monoisotopic (exact) mass is 961 g/mol. The van der Waals surface area contributed by atoms with Gasteiger partial charge in [0, 0.05) is 12.8 Å². The third-order valence-electron chi connectivity index (χ3n) is 11.5. The second-order valence-corrected chi connectivity index (χ2v) is 20.7. The first-order valence-corrected chi connectivity index (χ1v) is 28.7. The number of phosphoric ester groups is 1. The van der Waals surface area contributed by atoms with Gasteiger partial charge in [-0.2, -0.15) is 0 Å². The van der Waals surface area contributed by atoms with Crippen molar-refractivity contribution in [2.75, 3.05) is 47.5 Å². The average Bonchev–Trinajstić information content (AvgIpc) is 3.29. The van der Waals surface area contributed by atoms with Gasteiger partial charge in [0.05, 0.1) is 27.7 Å². The fourth-order valence-corrected chi connectivity index (χ4v) is 8.01. The van der Waals surface area contributed by atoms with Gasteiger partial charge in [-0.1, -0.05) is 202 Å². The van der Waals surface area contributed by atoms with Crippen molar-refractivity contribution in [2.45, 2.75) is 232 Å². The van der Waals surface area contributed by atoms with E-state index in [1.165, 1.54) is 103 Å². The molecule has 388 valence electrons. The van der Waals surface area contributed by atoms with Gasteiger partial charge in [-0.3, -0.25) is 18.6 Å². The quantitative estimate of drug-likeness (QED) is 0.0211. The zero-order valence-electron chi connectivity index (χ0n) is 43.9. The smallest absolute Gasteiger partial charge is 0.462 e. The minimum absolute atomic E-state index is 0.0289. The number of esters is 2. The number of nitrogens with zero attached hydrogens (tertiary/aromatic N) is 1. The van der Waals surface area contributed by atoms with Gasteiger partial charge in [0.1, 0.15) is 19.8 Å². The molecular formula is C57H103NO8P+. The summed E-state index contributed by atoms with van der Waals surface area (Å²) in [6.07, 6.45) is 62.6. The van der Waals surface area contributed by atoms with Crippen LogP contribution < -0.4 is 0 Å². The zero-order chi connectivity index (χ0) is 49.2. The molecule has 0 bridgehead atoms. The van der Waals surface area contributed by atoms with Crippen molar-refractivity contribution in [3.8, 4) is 0 Å². The molecular weight excluding hydrogens is 858 g/mol. The summed E-state index contributed by atoms with van der Waals surface area (Å²) >= 11 is 0. The summed E-state index contributed by atoms with van der Waals surface area (Å²) in [4.78, 5) is 35.5. The largest absolute Gasteiger partial charge is 0.472 e. The van der Waals surface area contributed by atoms with E-state index in [-0.39, 0.29) is 32.0 Å². The molecule has 0 amide bonds. The fourth-order valence-electron chi connectivity index (χ4n) is 7.27. The highest BCUT2D eigenvalue weighted by Gasteiger charge is 2.27. The van der Waals surface area contributed by atoms with E-state index in [2.05, 4.69) is 86.8 Å². The average molecular weight is 961 g/mol. The van der Waals surface area contributed by atoms with E-state index in [1.807, 2.05) is 21.1 Å². The molecule has 0 saturated carbocycles. The van der Waals surface area contributed by atoms with Crippen molar-refractivity contribution < 1.29 is 42.1 Å². The molecule has 0 aliphatic heterocycles. The third kappa shape index (κ3) is 52.7. The van der Waals surface area contributed by atoms with E-state index >= 15 is 0 Å². The van der Waals surface area contributed by atoms with Crippen LogP contribution >= 0.6 is 7.82 Å². The molecule has 0 radical (unpaired) electrons. The van der Waals surface area contributed by atoms with E-state index in [0.717, 1.165) is 89.9 Å².